The molecule has 3 nitrogen and oxygen atoms in total. The van der Waals surface area contributed by atoms with Gasteiger partial charge in [0.25, 0.3) is 0 Å². The number of carbonyl (C=O) groups excluding carboxylic acids is 1. The summed E-state index contributed by atoms with van der Waals surface area (Å²) < 4.78 is 0. The first-order chi connectivity index (χ1) is 7.79. The van der Waals surface area contributed by atoms with Crippen molar-refractivity contribution in [2.45, 2.75) is 19.8 Å². The van der Waals surface area contributed by atoms with Gasteiger partial charge < -0.3 is 0 Å². The molecule has 0 bridgehead atoms. The largest absolute Gasteiger partial charge is 0.298 e. The van der Waals surface area contributed by atoms with E-state index in [0.717, 1.165) is 24.8 Å². The summed E-state index contributed by atoms with van der Waals surface area (Å²) in [5, 5.41) is 6.73. The molecule has 0 amide bonds. The molecule has 0 aliphatic heterocycles. The minimum absolute atomic E-state index is 0.660. The van der Waals surface area contributed by atoms with Crippen molar-refractivity contribution in [3.63, 3.8) is 0 Å². The van der Waals surface area contributed by atoms with Gasteiger partial charge in [0.1, 0.15) is 0 Å². The van der Waals surface area contributed by atoms with E-state index in [4.69, 9.17) is 0 Å². The molecule has 0 atom stereocenters. The smallest absolute Gasteiger partial charge is 0.153 e. The van der Waals surface area contributed by atoms with Crippen molar-refractivity contribution in [1.29, 1.82) is 0 Å². The van der Waals surface area contributed by atoms with Crippen LogP contribution in [0.25, 0.3) is 0 Å². The predicted molar refractivity (Wildman–Crippen MR) is 62.6 cm³/mol. The van der Waals surface area contributed by atoms with Crippen LogP contribution in [-0.2, 0) is 12.8 Å². The Balaban J connectivity index is 2.05. The van der Waals surface area contributed by atoms with Gasteiger partial charge in [0.15, 0.2) is 6.29 Å². The van der Waals surface area contributed by atoms with Gasteiger partial charge in [-0.3, -0.25) is 9.89 Å². The lowest BCUT2D eigenvalue weighted by molar-refractivity contribution is 0.112. The molecule has 1 N–H and O–H groups in total. The van der Waals surface area contributed by atoms with Crippen LogP contribution in [-0.4, -0.2) is 16.5 Å². The maximum atomic E-state index is 10.7. The maximum absolute atomic E-state index is 10.7. The Bertz CT molecular complexity index is 488. The zero-order chi connectivity index (χ0) is 11.4. The van der Waals surface area contributed by atoms with Gasteiger partial charge in [-0.1, -0.05) is 29.8 Å². The molecule has 2 aromatic rings. The molecule has 1 aromatic carbocycles. The van der Waals surface area contributed by atoms with Gasteiger partial charge in [0, 0.05) is 5.69 Å². The predicted octanol–water partition coefficient (Wildman–Crippen LogP) is 2.32. The van der Waals surface area contributed by atoms with Crippen molar-refractivity contribution in [3.8, 4) is 0 Å². The summed E-state index contributed by atoms with van der Waals surface area (Å²) >= 11 is 0. The van der Waals surface area contributed by atoms with E-state index < -0.39 is 0 Å². The minimum Gasteiger partial charge on any atom is -0.298 e. The quantitative estimate of drug-likeness (QED) is 0.794. The van der Waals surface area contributed by atoms with Crippen molar-refractivity contribution in [1.82, 2.24) is 10.2 Å². The monoisotopic (exact) mass is 214 g/mol. The summed E-state index contributed by atoms with van der Waals surface area (Å²) in [6.07, 6.45) is 4.15. The number of H-pyrrole nitrogens is 1. The first kappa shape index (κ1) is 10.6. The number of aldehydes is 1. The van der Waals surface area contributed by atoms with E-state index in [0.29, 0.717) is 5.56 Å². The Hall–Kier alpha value is -1.90. The summed E-state index contributed by atoms with van der Waals surface area (Å²) in [4.78, 5) is 10.7. The van der Waals surface area contributed by atoms with Gasteiger partial charge in [0.05, 0.1) is 11.8 Å². The van der Waals surface area contributed by atoms with Crippen LogP contribution in [0.3, 0.4) is 0 Å². The molecular weight excluding hydrogens is 200 g/mol. The number of hydrogen-bond donors (Lipinski definition) is 1. The zero-order valence-electron chi connectivity index (χ0n) is 9.23. The third kappa shape index (κ3) is 2.37. The lowest BCUT2D eigenvalue weighted by Gasteiger charge is -2.01. The second-order valence-electron chi connectivity index (χ2n) is 3.91. The lowest BCUT2D eigenvalue weighted by atomic mass is 10.0. The van der Waals surface area contributed by atoms with Crippen LogP contribution in [0, 0.1) is 6.92 Å². The molecule has 0 unspecified atom stereocenters. The maximum Gasteiger partial charge on any atom is 0.153 e. The molecule has 16 heavy (non-hydrogen) atoms. The number of rotatable bonds is 4. The Morgan fingerprint density at radius 2 is 2.25 bits per heavy atom. The minimum atomic E-state index is 0.660. The molecule has 2 rings (SSSR count). The molecule has 0 saturated heterocycles. The molecule has 0 spiro atoms. The molecule has 0 aliphatic rings. The Labute approximate surface area is 94.5 Å². The second-order valence-corrected chi connectivity index (χ2v) is 3.91. The molecule has 1 aromatic heterocycles. The molecule has 0 aliphatic carbocycles. The van der Waals surface area contributed by atoms with Crippen LogP contribution >= 0.6 is 0 Å². The first-order valence-electron chi connectivity index (χ1n) is 5.32. The third-order valence-electron chi connectivity index (χ3n) is 2.62. The highest BCUT2D eigenvalue weighted by atomic mass is 16.1. The van der Waals surface area contributed by atoms with Crippen LogP contribution in [0.1, 0.15) is 27.2 Å². The number of hydrogen-bond acceptors (Lipinski definition) is 2. The number of nitrogens with one attached hydrogen (secondary N) is 1. The summed E-state index contributed by atoms with van der Waals surface area (Å²) in [6, 6.07) is 8.40. The lowest BCUT2D eigenvalue weighted by Crippen LogP contribution is -1.95. The van der Waals surface area contributed by atoms with Crippen LogP contribution in [0.5, 0.6) is 0 Å². The van der Waals surface area contributed by atoms with Gasteiger partial charge in [-0.15, -0.1) is 0 Å². The van der Waals surface area contributed by atoms with Gasteiger partial charge >= 0.3 is 0 Å². The van der Waals surface area contributed by atoms with Gasteiger partial charge in [-0.2, -0.15) is 5.10 Å². The van der Waals surface area contributed by atoms with Gasteiger partial charge in [-0.25, -0.2) is 0 Å². The summed E-state index contributed by atoms with van der Waals surface area (Å²) in [5.41, 5.74) is 4.12. The zero-order valence-corrected chi connectivity index (χ0v) is 9.23. The average Bonchev–Trinajstić information content (AvgIpc) is 2.74. The van der Waals surface area contributed by atoms with Crippen LogP contribution in [0.4, 0.5) is 0 Å². The van der Waals surface area contributed by atoms with Crippen molar-refractivity contribution in [3.05, 3.63) is 52.8 Å². The topological polar surface area (TPSA) is 45.8 Å². The van der Waals surface area contributed by atoms with E-state index in [1.807, 2.05) is 0 Å². The number of aryl methyl sites for hydroxylation is 3. The summed E-state index contributed by atoms with van der Waals surface area (Å²) in [6.45, 7) is 2.08. The van der Waals surface area contributed by atoms with E-state index in [1.54, 1.807) is 6.20 Å². The van der Waals surface area contributed by atoms with Crippen molar-refractivity contribution >= 4 is 6.29 Å². The van der Waals surface area contributed by atoms with E-state index in [2.05, 4.69) is 41.4 Å². The van der Waals surface area contributed by atoms with E-state index in [1.165, 1.54) is 11.1 Å². The average molecular weight is 214 g/mol. The second kappa shape index (κ2) is 4.75. The molecule has 0 fully saturated rings. The molecule has 82 valence electrons. The Morgan fingerprint density at radius 3 is 3.00 bits per heavy atom. The highest BCUT2D eigenvalue weighted by Crippen LogP contribution is 2.09. The number of benzene rings is 1. The molecule has 0 radical (unpaired) electrons. The number of carbonyl (C=O) groups is 1. The van der Waals surface area contributed by atoms with Crippen molar-refractivity contribution in [2.24, 2.45) is 0 Å². The van der Waals surface area contributed by atoms with E-state index in [9.17, 15) is 4.79 Å². The molecule has 0 saturated carbocycles. The molecule has 3 heteroatoms. The molecule has 1 heterocycles. The number of aromatic nitrogens is 2. The number of aromatic amines is 1. The highest BCUT2D eigenvalue weighted by molar-refractivity contribution is 5.75. The highest BCUT2D eigenvalue weighted by Gasteiger charge is 2.03. The standard InChI is InChI=1S/C13H14N2O/c1-10-3-2-4-11(7-10)5-6-13-12(9-16)8-14-15-13/h2-4,7-9H,5-6H2,1H3,(H,14,15). The van der Waals surface area contributed by atoms with Crippen LogP contribution < -0.4 is 0 Å². The third-order valence-corrected chi connectivity index (χ3v) is 2.62. The van der Waals surface area contributed by atoms with Crippen LogP contribution in [0.15, 0.2) is 30.5 Å². The SMILES string of the molecule is Cc1cccc(CCc2[nH]ncc2C=O)c1. The Kier molecular flexibility index (Phi) is 3.15. The van der Waals surface area contributed by atoms with Crippen LogP contribution in [0.2, 0.25) is 0 Å². The van der Waals surface area contributed by atoms with Crippen molar-refractivity contribution in [2.75, 3.05) is 0 Å². The van der Waals surface area contributed by atoms with E-state index in [-0.39, 0.29) is 0 Å². The fourth-order valence-corrected chi connectivity index (χ4v) is 1.76. The summed E-state index contributed by atoms with van der Waals surface area (Å²) in [5.74, 6) is 0. The normalized spacial score (nSPS) is 10.3. The fraction of sp³-hybridized carbons (Fsp3) is 0.231. The van der Waals surface area contributed by atoms with Gasteiger partial charge in [0.2, 0.25) is 0 Å². The summed E-state index contributed by atoms with van der Waals surface area (Å²) in [7, 11) is 0. The van der Waals surface area contributed by atoms with Crippen molar-refractivity contribution < 1.29 is 4.79 Å². The van der Waals surface area contributed by atoms with E-state index >= 15 is 0 Å². The first-order valence-corrected chi connectivity index (χ1v) is 5.32. The van der Waals surface area contributed by atoms with Gasteiger partial charge in [-0.05, 0) is 25.3 Å². The number of nitrogens with zero attached hydrogens (tertiary/aromatic N) is 1. The fourth-order valence-electron chi connectivity index (χ4n) is 1.76. The Morgan fingerprint density at radius 1 is 1.38 bits per heavy atom. The molecular formula is C13H14N2O.